The van der Waals surface area contributed by atoms with Gasteiger partial charge >= 0.3 is 0 Å². The van der Waals surface area contributed by atoms with Crippen LogP contribution in [0.4, 0.5) is 10.1 Å². The number of hydrogen-bond donors (Lipinski definition) is 1. The normalized spacial score (nSPS) is 10.8. The molecule has 0 fully saturated rings. The standard InChI is InChI=1S/C27H21FN4/c28-26-11-5-4-10-25(26)27-22(17-30-23-9-6-16-29-19-23)18-31-32(27)24-14-12-21(13-15-24)20-7-2-1-3-8-20/h1-16,18-19,30H,17H2. The molecule has 0 aliphatic heterocycles. The monoisotopic (exact) mass is 420 g/mol. The van der Waals surface area contributed by atoms with Crippen LogP contribution in [0.1, 0.15) is 5.56 Å². The first-order chi connectivity index (χ1) is 15.8. The lowest BCUT2D eigenvalue weighted by molar-refractivity contribution is 0.629. The second-order valence-corrected chi connectivity index (χ2v) is 7.42. The Balaban J connectivity index is 1.53. The Morgan fingerprint density at radius 2 is 1.50 bits per heavy atom. The van der Waals surface area contributed by atoms with Gasteiger partial charge in [0.25, 0.3) is 0 Å². The average Bonchev–Trinajstić information content (AvgIpc) is 3.28. The largest absolute Gasteiger partial charge is 0.380 e. The third-order valence-corrected chi connectivity index (χ3v) is 5.34. The van der Waals surface area contributed by atoms with E-state index in [1.54, 1.807) is 35.4 Å². The number of anilines is 1. The quantitative estimate of drug-likeness (QED) is 0.348. The lowest BCUT2D eigenvalue weighted by Crippen LogP contribution is -2.04. The van der Waals surface area contributed by atoms with E-state index in [1.807, 2.05) is 48.5 Å². The topological polar surface area (TPSA) is 42.7 Å². The maximum absolute atomic E-state index is 14.8. The smallest absolute Gasteiger partial charge is 0.132 e. The van der Waals surface area contributed by atoms with Gasteiger partial charge in [-0.05, 0) is 47.5 Å². The van der Waals surface area contributed by atoms with Crippen molar-refractivity contribution >= 4 is 5.69 Å². The third kappa shape index (κ3) is 4.01. The number of rotatable bonds is 6. The first kappa shape index (κ1) is 19.7. The molecule has 0 aliphatic carbocycles. The number of nitrogens with one attached hydrogen (secondary N) is 1. The van der Waals surface area contributed by atoms with Crippen LogP contribution in [0.2, 0.25) is 0 Å². The molecule has 0 atom stereocenters. The zero-order valence-electron chi connectivity index (χ0n) is 17.3. The summed E-state index contributed by atoms with van der Waals surface area (Å²) < 4.78 is 16.6. The van der Waals surface area contributed by atoms with Crippen molar-refractivity contribution < 1.29 is 4.39 Å². The lowest BCUT2D eigenvalue weighted by atomic mass is 10.0. The Morgan fingerprint density at radius 1 is 0.750 bits per heavy atom. The molecule has 0 saturated heterocycles. The van der Waals surface area contributed by atoms with Crippen LogP contribution in [-0.4, -0.2) is 14.8 Å². The summed E-state index contributed by atoms with van der Waals surface area (Å²) in [5.74, 6) is -0.280. The molecule has 1 N–H and O–H groups in total. The van der Waals surface area contributed by atoms with Crippen molar-refractivity contribution in [1.82, 2.24) is 14.8 Å². The van der Waals surface area contributed by atoms with E-state index in [2.05, 4.69) is 39.7 Å². The van der Waals surface area contributed by atoms with Crippen molar-refractivity contribution in [2.75, 3.05) is 5.32 Å². The van der Waals surface area contributed by atoms with Crippen molar-refractivity contribution in [3.63, 3.8) is 0 Å². The molecule has 32 heavy (non-hydrogen) atoms. The highest BCUT2D eigenvalue weighted by Gasteiger charge is 2.17. The first-order valence-electron chi connectivity index (χ1n) is 10.4. The van der Waals surface area contributed by atoms with E-state index in [-0.39, 0.29) is 5.82 Å². The molecule has 5 aromatic rings. The molecule has 2 aromatic heterocycles. The van der Waals surface area contributed by atoms with E-state index >= 15 is 0 Å². The van der Waals surface area contributed by atoms with Crippen LogP contribution in [0.3, 0.4) is 0 Å². The summed E-state index contributed by atoms with van der Waals surface area (Å²) >= 11 is 0. The van der Waals surface area contributed by atoms with E-state index in [9.17, 15) is 4.39 Å². The van der Waals surface area contributed by atoms with E-state index < -0.39 is 0 Å². The van der Waals surface area contributed by atoms with Gasteiger partial charge in [-0.15, -0.1) is 0 Å². The lowest BCUT2D eigenvalue weighted by Gasteiger charge is -2.13. The third-order valence-electron chi connectivity index (χ3n) is 5.34. The Bertz CT molecular complexity index is 1310. The van der Waals surface area contributed by atoms with Gasteiger partial charge < -0.3 is 5.32 Å². The SMILES string of the molecule is Fc1ccccc1-c1c(CNc2cccnc2)cnn1-c1ccc(-c2ccccc2)cc1. The van der Waals surface area contributed by atoms with Gasteiger partial charge in [-0.25, -0.2) is 9.07 Å². The molecular formula is C27H21FN4. The Labute approximate surface area is 186 Å². The van der Waals surface area contributed by atoms with E-state index in [0.717, 1.165) is 33.8 Å². The van der Waals surface area contributed by atoms with Gasteiger partial charge in [0.2, 0.25) is 0 Å². The summed E-state index contributed by atoms with van der Waals surface area (Å²) in [6, 6.07) is 29.0. The molecule has 0 unspecified atom stereocenters. The Kier molecular flexibility index (Phi) is 5.45. The Morgan fingerprint density at radius 3 is 2.25 bits per heavy atom. The van der Waals surface area contributed by atoms with Crippen molar-refractivity contribution in [3.8, 4) is 28.1 Å². The molecule has 0 bridgehead atoms. The molecule has 0 saturated carbocycles. The zero-order chi connectivity index (χ0) is 21.8. The van der Waals surface area contributed by atoms with Crippen LogP contribution < -0.4 is 5.32 Å². The zero-order valence-corrected chi connectivity index (χ0v) is 17.3. The number of benzene rings is 3. The molecule has 4 nitrogen and oxygen atoms in total. The number of aromatic nitrogens is 3. The van der Waals surface area contributed by atoms with Crippen molar-refractivity contribution in [2.45, 2.75) is 6.54 Å². The van der Waals surface area contributed by atoms with Gasteiger partial charge in [-0.2, -0.15) is 5.10 Å². The number of hydrogen-bond acceptors (Lipinski definition) is 3. The maximum atomic E-state index is 14.8. The molecule has 0 radical (unpaired) electrons. The average molecular weight is 420 g/mol. The number of pyridine rings is 1. The van der Waals surface area contributed by atoms with Crippen LogP contribution in [0, 0.1) is 5.82 Å². The maximum Gasteiger partial charge on any atom is 0.132 e. The van der Waals surface area contributed by atoms with E-state index in [0.29, 0.717) is 12.1 Å². The molecule has 0 amide bonds. The summed E-state index contributed by atoms with van der Waals surface area (Å²) in [5, 5.41) is 7.96. The minimum Gasteiger partial charge on any atom is -0.380 e. The molecule has 2 heterocycles. The van der Waals surface area contributed by atoms with Crippen molar-refractivity contribution in [2.24, 2.45) is 0 Å². The van der Waals surface area contributed by atoms with Gasteiger partial charge in [0, 0.05) is 30.1 Å². The van der Waals surface area contributed by atoms with Crippen LogP contribution in [0.25, 0.3) is 28.1 Å². The predicted molar refractivity (Wildman–Crippen MR) is 126 cm³/mol. The summed E-state index contributed by atoms with van der Waals surface area (Å²) in [6.07, 6.45) is 5.28. The van der Waals surface area contributed by atoms with Crippen molar-refractivity contribution in [3.05, 3.63) is 121 Å². The highest BCUT2D eigenvalue weighted by Crippen LogP contribution is 2.30. The van der Waals surface area contributed by atoms with Gasteiger partial charge in [0.1, 0.15) is 5.82 Å². The van der Waals surface area contributed by atoms with Gasteiger partial charge in [0.15, 0.2) is 0 Å². The van der Waals surface area contributed by atoms with Gasteiger partial charge in [-0.1, -0.05) is 54.6 Å². The van der Waals surface area contributed by atoms with Crippen molar-refractivity contribution in [1.29, 1.82) is 0 Å². The fourth-order valence-corrected chi connectivity index (χ4v) is 3.74. The molecular weight excluding hydrogens is 399 g/mol. The highest BCUT2D eigenvalue weighted by atomic mass is 19.1. The summed E-state index contributed by atoms with van der Waals surface area (Å²) in [6.45, 7) is 0.497. The predicted octanol–water partition coefficient (Wildman–Crippen LogP) is 6.35. The molecule has 156 valence electrons. The van der Waals surface area contributed by atoms with E-state index in [4.69, 9.17) is 0 Å². The Hall–Kier alpha value is -4.25. The molecule has 5 rings (SSSR count). The van der Waals surface area contributed by atoms with Gasteiger partial charge in [0.05, 0.1) is 23.3 Å². The molecule has 0 spiro atoms. The molecule has 0 aliphatic rings. The van der Waals surface area contributed by atoms with Crippen LogP contribution >= 0.6 is 0 Å². The summed E-state index contributed by atoms with van der Waals surface area (Å²) in [7, 11) is 0. The number of nitrogens with zero attached hydrogens (tertiary/aromatic N) is 3. The fourth-order valence-electron chi connectivity index (χ4n) is 3.74. The van der Waals surface area contributed by atoms with Crippen LogP contribution in [-0.2, 0) is 6.54 Å². The van der Waals surface area contributed by atoms with Gasteiger partial charge in [-0.3, -0.25) is 4.98 Å². The van der Waals surface area contributed by atoms with E-state index in [1.165, 1.54) is 6.07 Å². The molecule has 5 heteroatoms. The second kappa shape index (κ2) is 8.86. The van der Waals surface area contributed by atoms with Crippen LogP contribution in [0.5, 0.6) is 0 Å². The first-order valence-corrected chi connectivity index (χ1v) is 10.4. The summed E-state index contributed by atoms with van der Waals surface area (Å²) in [5.41, 5.74) is 6.17. The number of halogens is 1. The second-order valence-electron chi connectivity index (χ2n) is 7.42. The highest BCUT2D eigenvalue weighted by molar-refractivity contribution is 5.69. The minimum absolute atomic E-state index is 0.280. The van der Waals surface area contributed by atoms with Crippen LogP contribution in [0.15, 0.2) is 110 Å². The summed E-state index contributed by atoms with van der Waals surface area (Å²) in [4.78, 5) is 4.13. The minimum atomic E-state index is -0.280. The molecule has 3 aromatic carbocycles. The fraction of sp³-hybridized carbons (Fsp3) is 0.0370.